The van der Waals surface area contributed by atoms with Gasteiger partial charge in [-0.2, -0.15) is 11.3 Å². The van der Waals surface area contributed by atoms with E-state index in [1.54, 1.807) is 17.7 Å². The number of carbonyl (C=O) groups excluding carboxylic acids is 1. The van der Waals surface area contributed by atoms with Crippen LogP contribution in [0.15, 0.2) is 29.2 Å². The maximum Gasteiger partial charge on any atom is 0.310 e. The molecule has 1 atom stereocenters. The van der Waals surface area contributed by atoms with Gasteiger partial charge in [-0.3, -0.25) is 4.79 Å². The number of hydrogen-bond donors (Lipinski definition) is 0. The lowest BCUT2D eigenvalue weighted by Gasteiger charge is -2.32. The Morgan fingerprint density at radius 2 is 2.41 bits per heavy atom. The molecule has 0 aromatic carbocycles. The summed E-state index contributed by atoms with van der Waals surface area (Å²) in [5.74, 6) is 0.720. The number of ether oxygens (including phenoxy) is 1. The van der Waals surface area contributed by atoms with Gasteiger partial charge in [0.2, 0.25) is 0 Å². The molecule has 0 amide bonds. The molecule has 1 fully saturated rings. The largest absolute Gasteiger partial charge is 0.466 e. The van der Waals surface area contributed by atoms with Gasteiger partial charge in [0, 0.05) is 30.1 Å². The minimum atomic E-state index is -0.0979. The summed E-state index contributed by atoms with van der Waals surface area (Å²) >= 11 is 1.65. The summed E-state index contributed by atoms with van der Waals surface area (Å²) in [6, 6.07) is 4.05. The summed E-state index contributed by atoms with van der Waals surface area (Å²) in [7, 11) is 0. The van der Waals surface area contributed by atoms with Gasteiger partial charge < -0.3 is 9.64 Å². The molecule has 22 heavy (non-hydrogen) atoms. The Labute approximate surface area is 134 Å². The van der Waals surface area contributed by atoms with E-state index < -0.39 is 0 Å². The average molecular weight is 317 g/mol. The van der Waals surface area contributed by atoms with Gasteiger partial charge in [0.25, 0.3) is 0 Å². The first-order valence-electron chi connectivity index (χ1n) is 7.54. The number of piperidine rings is 1. The van der Waals surface area contributed by atoms with Gasteiger partial charge >= 0.3 is 5.97 Å². The second-order valence-electron chi connectivity index (χ2n) is 5.31. The van der Waals surface area contributed by atoms with E-state index in [4.69, 9.17) is 4.74 Å². The summed E-state index contributed by atoms with van der Waals surface area (Å²) in [5, 5.41) is 4.11. The number of aromatic nitrogens is 2. The van der Waals surface area contributed by atoms with Crippen LogP contribution in [-0.2, 0) is 9.53 Å². The molecule has 1 aliphatic heterocycles. The van der Waals surface area contributed by atoms with Gasteiger partial charge in [-0.1, -0.05) is 0 Å². The van der Waals surface area contributed by atoms with Crippen molar-refractivity contribution in [2.45, 2.75) is 19.8 Å². The van der Waals surface area contributed by atoms with Crippen LogP contribution in [0.3, 0.4) is 0 Å². The summed E-state index contributed by atoms with van der Waals surface area (Å²) in [6.07, 6.45) is 3.45. The average Bonchev–Trinajstić information content (AvgIpc) is 3.10. The van der Waals surface area contributed by atoms with Crippen molar-refractivity contribution in [1.82, 2.24) is 9.97 Å². The number of nitrogens with zero attached hydrogens (tertiary/aromatic N) is 3. The van der Waals surface area contributed by atoms with E-state index in [1.807, 2.05) is 18.4 Å². The molecule has 2 aromatic heterocycles. The predicted octanol–water partition coefficient (Wildman–Crippen LogP) is 2.98. The van der Waals surface area contributed by atoms with Gasteiger partial charge in [-0.25, -0.2) is 9.97 Å². The van der Waals surface area contributed by atoms with Gasteiger partial charge in [0.15, 0.2) is 0 Å². The van der Waals surface area contributed by atoms with E-state index in [-0.39, 0.29) is 11.9 Å². The molecule has 0 spiro atoms. The molecule has 3 rings (SSSR count). The van der Waals surface area contributed by atoms with Crippen LogP contribution in [0, 0.1) is 5.92 Å². The van der Waals surface area contributed by atoms with Crippen molar-refractivity contribution < 1.29 is 9.53 Å². The molecular formula is C16H19N3O2S. The van der Waals surface area contributed by atoms with Crippen LogP contribution in [0.1, 0.15) is 19.8 Å². The van der Waals surface area contributed by atoms with Crippen LogP contribution in [-0.4, -0.2) is 35.6 Å². The van der Waals surface area contributed by atoms with Crippen molar-refractivity contribution >= 4 is 23.1 Å². The van der Waals surface area contributed by atoms with Crippen LogP contribution in [0.4, 0.5) is 5.82 Å². The van der Waals surface area contributed by atoms with Crippen LogP contribution >= 0.6 is 11.3 Å². The van der Waals surface area contributed by atoms with Crippen molar-refractivity contribution in [2.24, 2.45) is 5.92 Å². The Morgan fingerprint density at radius 1 is 1.50 bits per heavy atom. The van der Waals surface area contributed by atoms with E-state index >= 15 is 0 Å². The molecule has 5 nitrogen and oxygen atoms in total. The number of esters is 1. The quantitative estimate of drug-likeness (QED) is 0.811. The Hall–Kier alpha value is -1.95. The second-order valence-corrected chi connectivity index (χ2v) is 6.09. The smallest absolute Gasteiger partial charge is 0.310 e. The minimum Gasteiger partial charge on any atom is -0.466 e. The highest BCUT2D eigenvalue weighted by Crippen LogP contribution is 2.26. The zero-order valence-electron chi connectivity index (χ0n) is 12.6. The molecule has 116 valence electrons. The molecular weight excluding hydrogens is 298 g/mol. The third-order valence-corrected chi connectivity index (χ3v) is 4.52. The number of hydrogen-bond acceptors (Lipinski definition) is 6. The molecule has 0 radical (unpaired) electrons. The topological polar surface area (TPSA) is 55.3 Å². The second kappa shape index (κ2) is 6.87. The fraction of sp³-hybridized carbons (Fsp3) is 0.438. The normalized spacial score (nSPS) is 18.2. The van der Waals surface area contributed by atoms with Crippen LogP contribution in [0.2, 0.25) is 0 Å². The summed E-state index contributed by atoms with van der Waals surface area (Å²) in [5.41, 5.74) is 2.03. The molecule has 0 N–H and O–H groups in total. The Morgan fingerprint density at radius 3 is 3.18 bits per heavy atom. The highest BCUT2D eigenvalue weighted by atomic mass is 32.1. The number of anilines is 1. The number of thiophene rings is 1. The summed E-state index contributed by atoms with van der Waals surface area (Å²) in [6.45, 7) is 3.86. The molecule has 0 aliphatic carbocycles. The molecule has 6 heteroatoms. The Bertz CT molecular complexity index is 630. The minimum absolute atomic E-state index is 0.0618. The predicted molar refractivity (Wildman–Crippen MR) is 86.9 cm³/mol. The lowest BCUT2D eigenvalue weighted by molar-refractivity contribution is -0.148. The van der Waals surface area contributed by atoms with Crippen molar-refractivity contribution in [3.63, 3.8) is 0 Å². The van der Waals surface area contributed by atoms with E-state index in [9.17, 15) is 4.79 Å². The monoisotopic (exact) mass is 317 g/mol. The summed E-state index contributed by atoms with van der Waals surface area (Å²) < 4.78 is 5.15. The van der Waals surface area contributed by atoms with Crippen LogP contribution in [0.5, 0.6) is 0 Å². The highest BCUT2D eigenvalue weighted by molar-refractivity contribution is 7.08. The SMILES string of the molecule is CCOC(=O)C1CCCN(c2cc(-c3ccsc3)ncn2)C1. The Kier molecular flexibility index (Phi) is 4.68. The molecule has 2 aromatic rings. The molecule has 3 heterocycles. The van der Waals surface area contributed by atoms with Crippen LogP contribution in [0.25, 0.3) is 11.3 Å². The third-order valence-electron chi connectivity index (χ3n) is 3.83. The van der Waals surface area contributed by atoms with Crippen LogP contribution < -0.4 is 4.90 Å². The lowest BCUT2D eigenvalue weighted by atomic mass is 9.98. The maximum atomic E-state index is 11.9. The summed E-state index contributed by atoms with van der Waals surface area (Å²) in [4.78, 5) is 22.8. The Balaban J connectivity index is 1.76. The zero-order valence-corrected chi connectivity index (χ0v) is 13.4. The first kappa shape index (κ1) is 15.0. The highest BCUT2D eigenvalue weighted by Gasteiger charge is 2.27. The molecule has 1 unspecified atom stereocenters. The van der Waals surface area contributed by atoms with Gasteiger partial charge in [-0.05, 0) is 31.2 Å². The molecule has 0 saturated carbocycles. The molecule has 0 bridgehead atoms. The van der Waals surface area contributed by atoms with E-state index in [0.717, 1.165) is 36.5 Å². The van der Waals surface area contributed by atoms with Gasteiger partial charge in [0.1, 0.15) is 12.1 Å². The lowest BCUT2D eigenvalue weighted by Crippen LogP contribution is -2.39. The zero-order chi connectivity index (χ0) is 15.4. The first-order chi connectivity index (χ1) is 10.8. The fourth-order valence-corrected chi connectivity index (χ4v) is 3.38. The van der Waals surface area contributed by atoms with E-state index in [1.165, 1.54) is 0 Å². The van der Waals surface area contributed by atoms with Crippen molar-refractivity contribution in [2.75, 3.05) is 24.6 Å². The number of carbonyl (C=O) groups is 1. The molecule has 1 saturated heterocycles. The maximum absolute atomic E-state index is 11.9. The fourth-order valence-electron chi connectivity index (χ4n) is 2.73. The van der Waals surface area contributed by atoms with Crippen molar-refractivity contribution in [3.8, 4) is 11.3 Å². The van der Waals surface area contributed by atoms with E-state index in [0.29, 0.717) is 13.2 Å². The van der Waals surface area contributed by atoms with Gasteiger partial charge in [-0.15, -0.1) is 0 Å². The third kappa shape index (κ3) is 3.27. The number of rotatable bonds is 4. The van der Waals surface area contributed by atoms with E-state index in [2.05, 4.69) is 26.3 Å². The van der Waals surface area contributed by atoms with Gasteiger partial charge in [0.05, 0.1) is 18.2 Å². The first-order valence-corrected chi connectivity index (χ1v) is 8.48. The standard InChI is InChI=1S/C16H19N3O2S/c1-2-21-16(20)12-4-3-6-19(9-12)15-8-14(17-11-18-15)13-5-7-22-10-13/h5,7-8,10-12H,2-4,6,9H2,1H3. The van der Waals surface area contributed by atoms with Crippen molar-refractivity contribution in [3.05, 3.63) is 29.2 Å². The molecule has 1 aliphatic rings. The van der Waals surface area contributed by atoms with Crippen molar-refractivity contribution in [1.29, 1.82) is 0 Å².